The van der Waals surface area contributed by atoms with Crippen LogP contribution in [0.2, 0.25) is 10.0 Å². The van der Waals surface area contributed by atoms with Gasteiger partial charge in [-0.3, -0.25) is 4.79 Å². The van der Waals surface area contributed by atoms with Crippen LogP contribution in [0.15, 0.2) is 18.2 Å². The molecule has 1 aromatic carbocycles. The first-order valence-electron chi connectivity index (χ1n) is 5.73. The van der Waals surface area contributed by atoms with Gasteiger partial charge in [-0.2, -0.15) is 0 Å². The van der Waals surface area contributed by atoms with Gasteiger partial charge in [0.05, 0.1) is 16.1 Å². The maximum atomic E-state index is 11.5. The number of carbonyl (C=O) groups excluding carboxylic acids is 1. The van der Waals surface area contributed by atoms with Gasteiger partial charge < -0.3 is 11.1 Å². The highest BCUT2D eigenvalue weighted by Crippen LogP contribution is 2.29. The zero-order valence-corrected chi connectivity index (χ0v) is 12.3. The number of hydrogen-bond donors (Lipinski definition) is 2. The van der Waals surface area contributed by atoms with E-state index in [4.69, 9.17) is 28.9 Å². The summed E-state index contributed by atoms with van der Waals surface area (Å²) < 4.78 is 0. The van der Waals surface area contributed by atoms with Crippen molar-refractivity contribution in [1.29, 1.82) is 0 Å². The Morgan fingerprint density at radius 3 is 2.50 bits per heavy atom. The molecule has 0 aliphatic heterocycles. The molecule has 5 heteroatoms. The zero-order valence-electron chi connectivity index (χ0n) is 10.8. The molecule has 0 radical (unpaired) electrons. The van der Waals surface area contributed by atoms with Crippen LogP contribution in [0.5, 0.6) is 0 Å². The SMILES string of the molecule is C[C@H](N)C(=O)NCC(C)(C)c1ccc(Cl)c(Cl)c1. The van der Waals surface area contributed by atoms with E-state index in [1.54, 1.807) is 13.0 Å². The fraction of sp³-hybridized carbons (Fsp3) is 0.462. The lowest BCUT2D eigenvalue weighted by Crippen LogP contribution is -2.43. The van der Waals surface area contributed by atoms with Gasteiger partial charge in [0, 0.05) is 12.0 Å². The lowest BCUT2D eigenvalue weighted by Gasteiger charge is -2.26. The Hall–Kier alpha value is -0.770. The first-order valence-corrected chi connectivity index (χ1v) is 6.48. The minimum Gasteiger partial charge on any atom is -0.354 e. The molecular weight excluding hydrogens is 271 g/mol. The molecular formula is C13H18Cl2N2O. The van der Waals surface area contributed by atoms with Crippen molar-refractivity contribution in [3.63, 3.8) is 0 Å². The smallest absolute Gasteiger partial charge is 0.236 e. The van der Waals surface area contributed by atoms with Gasteiger partial charge in [-0.15, -0.1) is 0 Å². The Balaban J connectivity index is 2.79. The Kier molecular flexibility index (Phi) is 5.02. The Morgan fingerprint density at radius 1 is 1.39 bits per heavy atom. The summed E-state index contributed by atoms with van der Waals surface area (Å²) in [5.41, 5.74) is 6.28. The van der Waals surface area contributed by atoms with Crippen LogP contribution in [-0.2, 0) is 10.2 Å². The van der Waals surface area contributed by atoms with E-state index in [9.17, 15) is 4.79 Å². The average Bonchev–Trinajstić information content (AvgIpc) is 2.29. The van der Waals surface area contributed by atoms with Crippen molar-refractivity contribution in [2.75, 3.05) is 6.54 Å². The maximum absolute atomic E-state index is 11.5. The number of amides is 1. The second kappa shape index (κ2) is 5.91. The second-order valence-electron chi connectivity index (χ2n) is 5.02. The summed E-state index contributed by atoms with van der Waals surface area (Å²) in [5.74, 6) is -0.164. The van der Waals surface area contributed by atoms with Crippen LogP contribution in [0.1, 0.15) is 26.3 Å². The molecule has 0 spiro atoms. The average molecular weight is 289 g/mol. The van der Waals surface area contributed by atoms with E-state index in [0.29, 0.717) is 16.6 Å². The van der Waals surface area contributed by atoms with Crippen LogP contribution < -0.4 is 11.1 Å². The number of nitrogens with two attached hydrogens (primary N) is 1. The molecule has 0 aliphatic carbocycles. The van der Waals surface area contributed by atoms with Gasteiger partial charge in [-0.05, 0) is 24.6 Å². The fourth-order valence-corrected chi connectivity index (χ4v) is 1.79. The molecule has 100 valence electrons. The molecule has 1 aromatic rings. The monoisotopic (exact) mass is 288 g/mol. The predicted molar refractivity (Wildman–Crippen MR) is 76.1 cm³/mol. The molecule has 18 heavy (non-hydrogen) atoms. The van der Waals surface area contributed by atoms with E-state index in [2.05, 4.69) is 5.32 Å². The largest absolute Gasteiger partial charge is 0.354 e. The molecule has 3 N–H and O–H groups in total. The van der Waals surface area contributed by atoms with Gasteiger partial charge in [0.1, 0.15) is 0 Å². The number of rotatable bonds is 4. The summed E-state index contributed by atoms with van der Waals surface area (Å²) in [4.78, 5) is 11.5. The fourth-order valence-electron chi connectivity index (χ4n) is 1.49. The highest BCUT2D eigenvalue weighted by Gasteiger charge is 2.22. The standard InChI is InChI=1S/C13H18Cl2N2O/c1-8(16)12(18)17-7-13(2,3)9-4-5-10(14)11(15)6-9/h4-6,8H,7,16H2,1-3H3,(H,17,18)/t8-/m0/s1. The molecule has 3 nitrogen and oxygen atoms in total. The summed E-state index contributed by atoms with van der Waals surface area (Å²) in [6, 6.07) is 4.98. The van der Waals surface area contributed by atoms with Crippen molar-refractivity contribution in [1.82, 2.24) is 5.32 Å². The quantitative estimate of drug-likeness (QED) is 0.895. The van der Waals surface area contributed by atoms with Crippen molar-refractivity contribution in [3.8, 4) is 0 Å². The zero-order chi connectivity index (χ0) is 13.9. The van der Waals surface area contributed by atoms with E-state index >= 15 is 0 Å². The molecule has 0 heterocycles. The van der Waals surface area contributed by atoms with Crippen LogP contribution in [0.25, 0.3) is 0 Å². The minimum absolute atomic E-state index is 0.164. The Bertz CT molecular complexity index is 445. The third kappa shape index (κ3) is 3.87. The van der Waals surface area contributed by atoms with Gasteiger partial charge in [0.2, 0.25) is 5.91 Å². The summed E-state index contributed by atoms with van der Waals surface area (Å²) >= 11 is 11.9. The number of nitrogens with one attached hydrogen (secondary N) is 1. The van der Waals surface area contributed by atoms with Gasteiger partial charge in [0.25, 0.3) is 0 Å². The van der Waals surface area contributed by atoms with Gasteiger partial charge in [0.15, 0.2) is 0 Å². The highest BCUT2D eigenvalue weighted by molar-refractivity contribution is 6.42. The molecule has 1 rings (SSSR count). The van der Waals surface area contributed by atoms with Crippen LogP contribution in [0.4, 0.5) is 0 Å². The van der Waals surface area contributed by atoms with E-state index in [-0.39, 0.29) is 11.3 Å². The third-order valence-electron chi connectivity index (χ3n) is 2.82. The number of hydrogen-bond acceptors (Lipinski definition) is 2. The van der Waals surface area contributed by atoms with E-state index in [1.807, 2.05) is 26.0 Å². The normalized spacial score (nSPS) is 13.2. The van der Waals surface area contributed by atoms with E-state index in [1.165, 1.54) is 0 Å². The summed E-state index contributed by atoms with van der Waals surface area (Å²) in [6.07, 6.45) is 0. The lowest BCUT2D eigenvalue weighted by atomic mass is 9.84. The maximum Gasteiger partial charge on any atom is 0.236 e. The summed E-state index contributed by atoms with van der Waals surface area (Å²) in [6.45, 7) is 6.19. The summed E-state index contributed by atoms with van der Waals surface area (Å²) in [7, 11) is 0. The van der Waals surface area contributed by atoms with Crippen molar-refractivity contribution < 1.29 is 4.79 Å². The van der Waals surface area contributed by atoms with Crippen LogP contribution in [0.3, 0.4) is 0 Å². The highest BCUT2D eigenvalue weighted by atomic mass is 35.5. The molecule has 1 amide bonds. The van der Waals surface area contributed by atoms with E-state index < -0.39 is 6.04 Å². The molecule has 0 fully saturated rings. The van der Waals surface area contributed by atoms with Crippen LogP contribution in [-0.4, -0.2) is 18.5 Å². The topological polar surface area (TPSA) is 55.1 Å². The van der Waals surface area contributed by atoms with Crippen molar-refractivity contribution >= 4 is 29.1 Å². The Labute approximate surface area is 118 Å². The van der Waals surface area contributed by atoms with Crippen molar-refractivity contribution in [3.05, 3.63) is 33.8 Å². The molecule has 0 unspecified atom stereocenters. The number of halogens is 2. The van der Waals surface area contributed by atoms with Crippen molar-refractivity contribution in [2.45, 2.75) is 32.2 Å². The second-order valence-corrected chi connectivity index (χ2v) is 5.83. The molecule has 0 aliphatic rings. The van der Waals surface area contributed by atoms with E-state index in [0.717, 1.165) is 5.56 Å². The molecule has 1 atom stereocenters. The first-order chi connectivity index (χ1) is 8.24. The third-order valence-corrected chi connectivity index (χ3v) is 3.56. The number of carbonyl (C=O) groups is 1. The molecule has 0 saturated carbocycles. The van der Waals surface area contributed by atoms with Crippen molar-refractivity contribution in [2.24, 2.45) is 5.73 Å². The van der Waals surface area contributed by atoms with Crippen LogP contribution >= 0.6 is 23.2 Å². The molecule has 0 aromatic heterocycles. The lowest BCUT2D eigenvalue weighted by molar-refractivity contribution is -0.122. The van der Waals surface area contributed by atoms with Gasteiger partial charge in [-0.25, -0.2) is 0 Å². The number of benzene rings is 1. The molecule has 0 bridgehead atoms. The Morgan fingerprint density at radius 2 is 2.00 bits per heavy atom. The summed E-state index contributed by atoms with van der Waals surface area (Å²) in [5, 5.41) is 3.85. The van der Waals surface area contributed by atoms with Gasteiger partial charge in [-0.1, -0.05) is 43.1 Å². The molecule has 0 saturated heterocycles. The first kappa shape index (κ1) is 15.3. The minimum atomic E-state index is -0.505. The van der Waals surface area contributed by atoms with Crippen LogP contribution in [0, 0.1) is 0 Å². The van der Waals surface area contributed by atoms with Gasteiger partial charge >= 0.3 is 0 Å². The predicted octanol–water partition coefficient (Wildman–Crippen LogP) is 2.73.